The van der Waals surface area contributed by atoms with Crippen molar-refractivity contribution in [1.29, 1.82) is 0 Å². The molecule has 5 atom stereocenters. The summed E-state index contributed by atoms with van der Waals surface area (Å²) in [5, 5.41) is 3.50. The summed E-state index contributed by atoms with van der Waals surface area (Å²) >= 11 is 1.50. The van der Waals surface area contributed by atoms with E-state index in [2.05, 4.69) is 18.6 Å². The number of pyridine rings is 1. The number of halogens is 1. The molecule has 2 aliphatic carbocycles. The molecule has 2 aromatic heterocycles. The summed E-state index contributed by atoms with van der Waals surface area (Å²) in [5.41, 5.74) is 3.30. The minimum Gasteiger partial charge on any atom is -0.496 e. The number of Topliss-reactive ketones (excluding diaryl/α,β-unsaturated/α-hetero) is 1. The van der Waals surface area contributed by atoms with Gasteiger partial charge >= 0.3 is 0 Å². The zero-order valence-electron chi connectivity index (χ0n) is 36.5. The minimum absolute atomic E-state index is 0.103. The number of nitrogens with one attached hydrogen (secondary N) is 1. The number of allylic oxidation sites excluding steroid dienone is 2. The number of benzene rings is 2. The Balaban J connectivity index is 1.16. The van der Waals surface area contributed by atoms with E-state index in [9.17, 15) is 22.4 Å². The molecule has 0 unspecified atom stereocenters. The quantitative estimate of drug-likeness (QED) is 0.154. The zero-order valence-corrected chi connectivity index (χ0v) is 38.1. The molecular weight excluding hydrogens is 828 g/mol. The van der Waals surface area contributed by atoms with Crippen molar-refractivity contribution in [1.82, 2.24) is 19.6 Å². The summed E-state index contributed by atoms with van der Waals surface area (Å²) in [6, 6.07) is 9.53. The Hall–Kier alpha value is -4.69. The van der Waals surface area contributed by atoms with Crippen molar-refractivity contribution in [2.75, 3.05) is 13.7 Å². The van der Waals surface area contributed by atoms with Crippen LogP contribution in [-0.2, 0) is 30.8 Å². The molecule has 11 nitrogen and oxygen atoms in total. The smallest absolute Gasteiger partial charge is 0.240 e. The highest BCUT2D eigenvalue weighted by atomic mass is 32.2. The van der Waals surface area contributed by atoms with E-state index in [1.54, 1.807) is 18.9 Å². The molecule has 0 bridgehead atoms. The van der Waals surface area contributed by atoms with Crippen LogP contribution in [0.5, 0.6) is 11.5 Å². The van der Waals surface area contributed by atoms with E-state index in [0.717, 1.165) is 52.9 Å². The maximum Gasteiger partial charge on any atom is 0.240 e. The average molecular weight is 885 g/mol. The van der Waals surface area contributed by atoms with Gasteiger partial charge in [0.05, 0.1) is 41.1 Å². The normalized spacial score (nSPS) is 25.7. The maximum atomic E-state index is 15.0. The van der Waals surface area contributed by atoms with Gasteiger partial charge in [-0.05, 0) is 113 Å². The number of hydrogen-bond acceptors (Lipinski definition) is 10. The number of rotatable bonds is 10. The lowest BCUT2D eigenvalue weighted by molar-refractivity contribution is -0.142. The summed E-state index contributed by atoms with van der Waals surface area (Å²) in [7, 11) is -2.35. The molecule has 1 N–H and O–H groups in total. The molecule has 2 aliphatic heterocycles. The van der Waals surface area contributed by atoms with Crippen molar-refractivity contribution in [3.8, 4) is 22.2 Å². The summed E-state index contributed by atoms with van der Waals surface area (Å²) in [6.45, 7) is 9.67. The lowest BCUT2D eigenvalue weighted by Gasteiger charge is -2.29. The van der Waals surface area contributed by atoms with Gasteiger partial charge in [0.2, 0.25) is 21.8 Å². The first kappa shape index (κ1) is 43.9. The highest BCUT2D eigenvalue weighted by molar-refractivity contribution is 7.91. The Kier molecular flexibility index (Phi) is 12.1. The topological polar surface area (TPSA) is 145 Å². The van der Waals surface area contributed by atoms with Crippen LogP contribution >= 0.6 is 11.3 Å². The number of carbonyl (C=O) groups is 3. The number of thiazole rings is 1. The SMILES string of the molecule is COc1ccc2c(O[C@@H]3C[C@H]4C(=O)C[C@]5(C(=O)NS(=O)(=O)C6(C)CC6)C[C@@H]5/C=C\CCCCC[C@H](Cc5cc(C)cc(F)c5)C(=O)N4C3)cc(-c3nc(C(C)C)cs3)nc2c1C. The van der Waals surface area contributed by atoms with Gasteiger partial charge in [-0.25, -0.2) is 22.8 Å². The molecule has 0 spiro atoms. The van der Waals surface area contributed by atoms with Crippen LogP contribution in [0, 0.1) is 36.9 Å². The van der Waals surface area contributed by atoms with Crippen LogP contribution in [0.1, 0.15) is 113 Å². The summed E-state index contributed by atoms with van der Waals surface area (Å²) in [6.07, 6.45) is 8.67. The van der Waals surface area contributed by atoms with E-state index in [-0.39, 0.29) is 48.7 Å². The first-order valence-electron chi connectivity index (χ1n) is 21.9. The average Bonchev–Trinajstić information content (AvgIpc) is 3.99. The predicted octanol–water partition coefficient (Wildman–Crippen LogP) is 8.94. The van der Waals surface area contributed by atoms with Crippen molar-refractivity contribution in [2.45, 2.75) is 128 Å². The third kappa shape index (κ3) is 8.78. The maximum absolute atomic E-state index is 15.0. The summed E-state index contributed by atoms with van der Waals surface area (Å²) in [5.74, 6) is -0.992. The fraction of sp³-hybridized carbons (Fsp3) is 0.521. The van der Waals surface area contributed by atoms with E-state index in [0.29, 0.717) is 60.4 Å². The highest BCUT2D eigenvalue weighted by Crippen LogP contribution is 2.58. The third-order valence-electron chi connectivity index (χ3n) is 13.5. The Morgan fingerprint density at radius 2 is 1.85 bits per heavy atom. The van der Waals surface area contributed by atoms with Crippen LogP contribution < -0.4 is 14.2 Å². The number of sulfonamides is 1. The lowest BCUT2D eigenvalue weighted by Crippen LogP contribution is -2.47. The number of methoxy groups -OCH3 is 1. The molecular formula is C48H57FN4O7S2. The van der Waals surface area contributed by atoms with E-state index in [1.807, 2.05) is 55.6 Å². The molecule has 4 aliphatic rings. The minimum atomic E-state index is -3.96. The largest absolute Gasteiger partial charge is 0.496 e. The standard InChI is InChI=1S/C48H57FN4O7S2/c1-28(2)38-27-61-44(51-38)37-23-42(36-14-15-41(59-6)30(4)43(36)50-37)60-35-22-39-40(54)25-48(46(56)52-62(57,58)47(5)16-17-47)24-33(48)13-11-9-7-8-10-12-32(45(55)53(39)26-35)20-31-18-29(3)19-34(49)21-31/h11,13-15,18-19,21,23,27-28,32-33,35,39H,7-10,12,16-17,20,22,24-26H2,1-6H3,(H,52,56)/b13-11-/t32-,33+,35-,39+,48-/m1/s1. The molecule has 2 saturated carbocycles. The third-order valence-corrected chi connectivity index (χ3v) is 16.6. The molecule has 3 fully saturated rings. The van der Waals surface area contributed by atoms with Gasteiger partial charge in [0.1, 0.15) is 34.1 Å². The van der Waals surface area contributed by atoms with Gasteiger partial charge in [0.25, 0.3) is 0 Å². The number of carbonyl (C=O) groups excluding carboxylic acids is 3. The van der Waals surface area contributed by atoms with E-state index in [1.165, 1.54) is 23.5 Å². The van der Waals surface area contributed by atoms with E-state index < -0.39 is 44.2 Å². The second-order valence-electron chi connectivity index (χ2n) is 18.6. The van der Waals surface area contributed by atoms with Crippen LogP contribution in [0.25, 0.3) is 21.6 Å². The second-order valence-corrected chi connectivity index (χ2v) is 21.7. The van der Waals surface area contributed by atoms with Gasteiger partial charge in [0.15, 0.2) is 5.78 Å². The molecule has 2 aromatic carbocycles. The van der Waals surface area contributed by atoms with Crippen molar-refractivity contribution in [3.63, 3.8) is 0 Å². The number of ketones is 1. The van der Waals surface area contributed by atoms with Crippen LogP contribution in [0.3, 0.4) is 0 Å². The molecule has 8 rings (SSSR count). The van der Waals surface area contributed by atoms with Crippen molar-refractivity contribution in [3.05, 3.63) is 82.1 Å². The van der Waals surface area contributed by atoms with Gasteiger partial charge in [-0.3, -0.25) is 19.1 Å². The molecule has 1 saturated heterocycles. The van der Waals surface area contributed by atoms with Gasteiger partial charge in [-0.15, -0.1) is 11.3 Å². The Labute approximate surface area is 367 Å². The summed E-state index contributed by atoms with van der Waals surface area (Å²) in [4.78, 5) is 55.6. The van der Waals surface area contributed by atoms with E-state index in [4.69, 9.17) is 19.4 Å². The predicted molar refractivity (Wildman–Crippen MR) is 238 cm³/mol. The van der Waals surface area contributed by atoms with Crippen LogP contribution in [0.4, 0.5) is 4.39 Å². The Morgan fingerprint density at radius 1 is 1.06 bits per heavy atom. The van der Waals surface area contributed by atoms with Gasteiger partial charge in [-0.1, -0.05) is 44.9 Å². The summed E-state index contributed by atoms with van der Waals surface area (Å²) < 4.78 is 55.3. The van der Waals surface area contributed by atoms with Crippen LogP contribution in [0.15, 0.2) is 53.9 Å². The molecule has 4 heterocycles. The number of fused-ring (bicyclic) bond motifs is 3. The number of ether oxygens (including phenoxy) is 2. The van der Waals surface area contributed by atoms with Crippen LogP contribution in [0.2, 0.25) is 0 Å². The van der Waals surface area contributed by atoms with E-state index >= 15 is 4.79 Å². The molecule has 14 heteroatoms. The lowest BCUT2D eigenvalue weighted by atomic mass is 9.89. The fourth-order valence-corrected chi connectivity index (χ4v) is 11.6. The molecule has 62 heavy (non-hydrogen) atoms. The van der Waals surface area contributed by atoms with Crippen molar-refractivity contribution >= 4 is 49.9 Å². The first-order chi connectivity index (χ1) is 29.5. The molecule has 2 amide bonds. The number of nitrogens with zero attached hydrogens (tertiary/aromatic N) is 3. The fourth-order valence-electron chi connectivity index (χ4n) is 9.29. The number of amides is 2. The van der Waals surface area contributed by atoms with Crippen molar-refractivity contribution < 1.29 is 36.7 Å². The highest BCUT2D eigenvalue weighted by Gasteiger charge is 2.62. The number of aromatic nitrogens is 2. The monoisotopic (exact) mass is 884 g/mol. The van der Waals surface area contributed by atoms with Crippen molar-refractivity contribution in [2.24, 2.45) is 17.3 Å². The number of aryl methyl sites for hydroxylation is 2. The van der Waals surface area contributed by atoms with Crippen LogP contribution in [-0.4, -0.2) is 71.4 Å². The zero-order chi connectivity index (χ0) is 44.1. The molecule has 330 valence electrons. The molecule has 4 aromatic rings. The van der Waals surface area contributed by atoms with Gasteiger partial charge < -0.3 is 14.4 Å². The van der Waals surface area contributed by atoms with Gasteiger partial charge in [-0.2, -0.15) is 0 Å². The van der Waals surface area contributed by atoms with Gasteiger partial charge in [0, 0.05) is 41.2 Å². The Morgan fingerprint density at radius 3 is 2.56 bits per heavy atom. The second kappa shape index (κ2) is 17.1. The first-order valence-corrected chi connectivity index (χ1v) is 24.3. The number of hydrogen-bond donors (Lipinski definition) is 1. The molecule has 0 radical (unpaired) electrons. The Bertz CT molecular complexity index is 2530.